The number of amides is 1. The van der Waals surface area contributed by atoms with E-state index in [0.717, 1.165) is 50.5 Å². The number of fused-ring (bicyclic) bond motifs is 5. The fourth-order valence-electron chi connectivity index (χ4n) is 8.17. The van der Waals surface area contributed by atoms with E-state index in [2.05, 4.69) is 29.4 Å². The number of nitrogens with one attached hydrogen (secondary N) is 1. The molecule has 0 unspecified atom stereocenters. The van der Waals surface area contributed by atoms with Gasteiger partial charge in [0.05, 0.1) is 11.6 Å². The quantitative estimate of drug-likeness (QED) is 0.514. The smallest absolute Gasteiger partial charge is 0.311 e. The molecule has 0 bridgehead atoms. The van der Waals surface area contributed by atoms with Crippen molar-refractivity contribution in [2.45, 2.75) is 70.6 Å². The normalized spacial score (nSPS) is 29.6. The lowest BCUT2D eigenvalue weighted by Crippen LogP contribution is -2.41. The van der Waals surface area contributed by atoms with Gasteiger partial charge >= 0.3 is 5.97 Å². The van der Waals surface area contributed by atoms with E-state index in [-0.39, 0.29) is 23.7 Å². The number of pyridine rings is 1. The number of allylic oxidation sites excluding steroid dienone is 2. The Morgan fingerprint density at radius 1 is 1.14 bits per heavy atom. The molecule has 4 aliphatic rings. The van der Waals surface area contributed by atoms with Crippen LogP contribution < -0.4 is 5.32 Å². The maximum absolute atomic E-state index is 13.9. The Morgan fingerprint density at radius 2 is 1.95 bits per heavy atom. The fourth-order valence-corrected chi connectivity index (χ4v) is 8.17. The van der Waals surface area contributed by atoms with Gasteiger partial charge in [0.2, 0.25) is 0 Å². The molecule has 1 aromatic carbocycles. The third kappa shape index (κ3) is 4.00. The monoisotopic (exact) mass is 502 g/mol. The number of hydrogen-bond acceptors (Lipinski definition) is 3. The number of hydrogen-bond donors (Lipinski definition) is 2. The number of rotatable bonds is 5. The van der Waals surface area contributed by atoms with Gasteiger partial charge in [-0.1, -0.05) is 31.9 Å². The number of carbonyl (C=O) groups excluding carboxylic acids is 1. The van der Waals surface area contributed by atoms with Crippen LogP contribution in [0.5, 0.6) is 0 Å². The SMILES string of the molecule is C[C@]12CC[C@@H]3c4ccc(C(=O)NCC5(C(=O)O)CCCC5)cc4CC[C@H]3[C@@H]1CC=C2c1cncc(F)c1. The summed E-state index contributed by atoms with van der Waals surface area (Å²) in [6, 6.07) is 7.72. The Morgan fingerprint density at radius 3 is 2.70 bits per heavy atom. The molecule has 0 saturated heterocycles. The van der Waals surface area contributed by atoms with Gasteiger partial charge in [-0.25, -0.2) is 4.39 Å². The highest BCUT2D eigenvalue weighted by Crippen LogP contribution is 2.63. The summed E-state index contributed by atoms with van der Waals surface area (Å²) in [4.78, 5) is 28.9. The number of nitrogens with zero attached hydrogens (tertiary/aromatic N) is 1. The first-order valence-electron chi connectivity index (χ1n) is 13.8. The van der Waals surface area contributed by atoms with E-state index in [4.69, 9.17) is 0 Å². The molecule has 6 rings (SSSR count). The molecule has 0 aliphatic heterocycles. The van der Waals surface area contributed by atoms with E-state index in [0.29, 0.717) is 36.2 Å². The number of benzene rings is 1. The Bertz CT molecular complexity index is 1280. The van der Waals surface area contributed by atoms with Crippen molar-refractivity contribution < 1.29 is 19.1 Å². The molecule has 0 spiro atoms. The number of halogens is 1. The molecule has 4 aliphatic carbocycles. The van der Waals surface area contributed by atoms with Crippen molar-refractivity contribution in [3.63, 3.8) is 0 Å². The van der Waals surface area contributed by atoms with E-state index in [1.165, 1.54) is 22.9 Å². The van der Waals surface area contributed by atoms with Crippen molar-refractivity contribution in [1.29, 1.82) is 0 Å². The summed E-state index contributed by atoms with van der Waals surface area (Å²) in [5.41, 5.74) is 4.63. The Balaban J connectivity index is 1.18. The van der Waals surface area contributed by atoms with E-state index >= 15 is 0 Å². The van der Waals surface area contributed by atoms with Crippen LogP contribution in [0.2, 0.25) is 0 Å². The fraction of sp³-hybridized carbons (Fsp3) is 0.516. The highest BCUT2D eigenvalue weighted by Gasteiger charge is 2.52. The first kappa shape index (κ1) is 24.3. The molecule has 2 saturated carbocycles. The van der Waals surface area contributed by atoms with Crippen LogP contribution >= 0.6 is 0 Å². The van der Waals surface area contributed by atoms with E-state index < -0.39 is 11.4 Å². The number of carboxylic acids is 1. The van der Waals surface area contributed by atoms with Crippen LogP contribution in [0.15, 0.2) is 42.7 Å². The Kier molecular flexibility index (Phi) is 5.96. The van der Waals surface area contributed by atoms with Gasteiger partial charge in [-0.2, -0.15) is 0 Å². The molecule has 1 amide bonds. The molecule has 2 fully saturated rings. The maximum atomic E-state index is 13.9. The maximum Gasteiger partial charge on any atom is 0.311 e. The third-order valence-electron chi connectivity index (χ3n) is 10.2. The average Bonchev–Trinajstić information content (AvgIpc) is 3.52. The number of aliphatic carboxylic acids is 1. The van der Waals surface area contributed by atoms with Crippen LogP contribution in [0.1, 0.15) is 91.3 Å². The Labute approximate surface area is 217 Å². The first-order valence-corrected chi connectivity index (χ1v) is 13.8. The first-order chi connectivity index (χ1) is 17.8. The van der Waals surface area contributed by atoms with Gasteiger partial charge in [-0.3, -0.25) is 14.6 Å². The van der Waals surface area contributed by atoms with Crippen molar-refractivity contribution in [3.05, 3.63) is 70.8 Å². The lowest BCUT2D eigenvalue weighted by Gasteiger charge is -2.50. The topological polar surface area (TPSA) is 79.3 Å². The van der Waals surface area contributed by atoms with E-state index in [1.807, 2.05) is 12.1 Å². The molecule has 37 heavy (non-hydrogen) atoms. The summed E-state index contributed by atoms with van der Waals surface area (Å²) in [5.74, 6) is 0.308. The minimum atomic E-state index is -0.818. The van der Waals surface area contributed by atoms with Crippen LogP contribution in [-0.4, -0.2) is 28.5 Å². The van der Waals surface area contributed by atoms with Gasteiger partial charge in [0.25, 0.3) is 5.91 Å². The van der Waals surface area contributed by atoms with Gasteiger partial charge in [0.15, 0.2) is 0 Å². The minimum absolute atomic E-state index is 0.0360. The molecular weight excluding hydrogens is 467 g/mol. The molecule has 4 atom stereocenters. The van der Waals surface area contributed by atoms with Crippen LogP contribution in [0.25, 0.3) is 5.57 Å². The van der Waals surface area contributed by atoms with Crippen LogP contribution in [0.4, 0.5) is 4.39 Å². The second-order valence-corrected chi connectivity index (χ2v) is 12.0. The summed E-state index contributed by atoms with van der Waals surface area (Å²) in [6.45, 7) is 2.55. The summed E-state index contributed by atoms with van der Waals surface area (Å²) >= 11 is 0. The minimum Gasteiger partial charge on any atom is -0.481 e. The zero-order chi connectivity index (χ0) is 25.8. The molecule has 1 heterocycles. The second-order valence-electron chi connectivity index (χ2n) is 12.0. The summed E-state index contributed by atoms with van der Waals surface area (Å²) in [5, 5.41) is 12.6. The van der Waals surface area contributed by atoms with Crippen molar-refractivity contribution in [2.75, 3.05) is 6.54 Å². The summed E-state index contributed by atoms with van der Waals surface area (Å²) < 4.78 is 13.9. The Hall–Kier alpha value is -3.02. The van der Waals surface area contributed by atoms with Crippen molar-refractivity contribution in [2.24, 2.45) is 22.7 Å². The zero-order valence-corrected chi connectivity index (χ0v) is 21.4. The number of aromatic nitrogens is 1. The van der Waals surface area contributed by atoms with Crippen LogP contribution in [-0.2, 0) is 11.2 Å². The predicted octanol–water partition coefficient (Wildman–Crippen LogP) is 6.15. The van der Waals surface area contributed by atoms with Crippen LogP contribution in [0.3, 0.4) is 0 Å². The predicted molar refractivity (Wildman–Crippen MR) is 139 cm³/mol. The van der Waals surface area contributed by atoms with Crippen molar-refractivity contribution >= 4 is 17.4 Å². The highest BCUT2D eigenvalue weighted by molar-refractivity contribution is 5.95. The standard InChI is InChI=1S/C31H35FN2O3/c1-30-13-10-24-23-6-5-20(28(35)34-18-31(29(36)37)11-2-3-12-31)14-19(23)4-7-25(24)27(30)9-8-26(30)21-15-22(32)17-33-16-21/h5-6,8,14-17,24-25,27H,2-4,7,9-13,18H2,1H3,(H,34,35)(H,36,37)/t24-,25-,27+,30-/m1/s1. The molecule has 5 nitrogen and oxygen atoms in total. The lowest BCUT2D eigenvalue weighted by atomic mass is 9.54. The molecule has 0 radical (unpaired) electrons. The van der Waals surface area contributed by atoms with Gasteiger partial charge in [-0.15, -0.1) is 0 Å². The zero-order valence-electron chi connectivity index (χ0n) is 21.4. The summed E-state index contributed by atoms with van der Waals surface area (Å²) in [7, 11) is 0. The molecule has 6 heteroatoms. The number of carbonyl (C=O) groups is 2. The van der Waals surface area contributed by atoms with Crippen molar-refractivity contribution in [1.82, 2.24) is 10.3 Å². The van der Waals surface area contributed by atoms with Gasteiger partial charge in [0.1, 0.15) is 5.82 Å². The molecule has 2 N–H and O–H groups in total. The molecule has 1 aromatic heterocycles. The summed E-state index contributed by atoms with van der Waals surface area (Å²) in [6.07, 6.45) is 13.6. The third-order valence-corrected chi connectivity index (χ3v) is 10.2. The molecule has 2 aromatic rings. The number of aryl methyl sites for hydroxylation is 1. The van der Waals surface area contributed by atoms with Crippen molar-refractivity contribution in [3.8, 4) is 0 Å². The largest absolute Gasteiger partial charge is 0.481 e. The second kappa shape index (κ2) is 9.07. The highest BCUT2D eigenvalue weighted by atomic mass is 19.1. The van der Waals surface area contributed by atoms with Gasteiger partial charge in [-0.05, 0) is 109 Å². The van der Waals surface area contributed by atoms with E-state index in [9.17, 15) is 19.1 Å². The average molecular weight is 503 g/mol. The van der Waals surface area contributed by atoms with Gasteiger partial charge in [0, 0.05) is 18.3 Å². The van der Waals surface area contributed by atoms with Crippen LogP contribution in [0, 0.1) is 28.5 Å². The molecular formula is C31H35FN2O3. The molecule has 194 valence electrons. The van der Waals surface area contributed by atoms with Gasteiger partial charge < -0.3 is 10.4 Å². The van der Waals surface area contributed by atoms with E-state index in [1.54, 1.807) is 12.3 Å². The lowest BCUT2D eigenvalue weighted by molar-refractivity contribution is -0.148. The number of carboxylic acid groups (broad SMARTS) is 1.